The maximum Gasteiger partial charge on any atom is 0.152 e. The molecule has 0 unspecified atom stereocenters. The smallest absolute Gasteiger partial charge is 0.152 e. The second-order valence-electron chi connectivity index (χ2n) is 12.4. The van der Waals surface area contributed by atoms with Crippen molar-refractivity contribution in [1.29, 1.82) is 0 Å². The molecule has 2 N–H and O–H groups in total. The van der Waals surface area contributed by atoms with Crippen molar-refractivity contribution < 1.29 is 4.42 Å². The van der Waals surface area contributed by atoms with Gasteiger partial charge >= 0.3 is 0 Å². The topological polar surface area (TPSA) is 44.7 Å². The van der Waals surface area contributed by atoms with E-state index >= 15 is 0 Å². The molecule has 4 aromatic rings. The van der Waals surface area contributed by atoms with E-state index in [1.54, 1.807) is 0 Å². The Kier molecular flexibility index (Phi) is 4.87. The molecule has 0 aliphatic heterocycles. The van der Waals surface area contributed by atoms with Crippen LogP contribution in [0.15, 0.2) is 16.5 Å². The number of thiophene rings is 1. The number of nitrogens with one attached hydrogen (secondary N) is 2. The van der Waals surface area contributed by atoms with E-state index in [2.05, 4.69) is 98.3 Å². The van der Waals surface area contributed by atoms with Gasteiger partial charge in [-0.15, -0.1) is 11.3 Å². The van der Waals surface area contributed by atoms with Crippen LogP contribution in [0.3, 0.4) is 0 Å². The Morgan fingerprint density at radius 2 is 1.42 bits per heavy atom. The standard InChI is InChI=1S/C27H38N2OS/c1-14(2)21-19(25(3,4)5)23-16(29-21)13-18(31-23)15-12-17-22(28-15)20(26(6,7)8)24(30-17)27(9,10)11/h12-14,28-29H,1-11H3. The van der Waals surface area contributed by atoms with Gasteiger partial charge in [0.1, 0.15) is 5.76 Å². The van der Waals surface area contributed by atoms with Crippen molar-refractivity contribution >= 4 is 32.7 Å². The summed E-state index contributed by atoms with van der Waals surface area (Å²) in [6.07, 6.45) is 0. The summed E-state index contributed by atoms with van der Waals surface area (Å²) in [5.41, 5.74) is 8.67. The summed E-state index contributed by atoms with van der Waals surface area (Å²) in [5, 5.41) is 0. The number of rotatable bonds is 2. The van der Waals surface area contributed by atoms with Gasteiger partial charge in [-0.1, -0.05) is 76.2 Å². The molecule has 168 valence electrons. The van der Waals surface area contributed by atoms with Gasteiger partial charge in [0.2, 0.25) is 0 Å². The Hall–Kier alpha value is -1.94. The fourth-order valence-electron chi connectivity index (χ4n) is 4.66. The van der Waals surface area contributed by atoms with Crippen LogP contribution >= 0.6 is 11.3 Å². The molecule has 4 aromatic heterocycles. The number of hydrogen-bond acceptors (Lipinski definition) is 2. The Morgan fingerprint density at radius 3 is 1.94 bits per heavy atom. The molecule has 31 heavy (non-hydrogen) atoms. The van der Waals surface area contributed by atoms with Gasteiger partial charge in [-0.05, 0) is 28.4 Å². The molecule has 0 atom stereocenters. The van der Waals surface area contributed by atoms with Gasteiger partial charge in [0.05, 0.1) is 26.3 Å². The Bertz CT molecular complexity index is 1250. The van der Waals surface area contributed by atoms with Crippen LogP contribution in [-0.2, 0) is 16.2 Å². The number of hydrogen-bond donors (Lipinski definition) is 2. The first kappa shape index (κ1) is 22.3. The fourth-order valence-corrected chi connectivity index (χ4v) is 6.02. The summed E-state index contributed by atoms with van der Waals surface area (Å²) in [5.74, 6) is 1.57. The van der Waals surface area contributed by atoms with Crippen LogP contribution in [0.1, 0.15) is 105 Å². The monoisotopic (exact) mass is 438 g/mol. The molecule has 0 bridgehead atoms. The van der Waals surface area contributed by atoms with Crippen molar-refractivity contribution in [2.75, 3.05) is 0 Å². The van der Waals surface area contributed by atoms with Gasteiger partial charge in [-0.3, -0.25) is 0 Å². The molecule has 3 nitrogen and oxygen atoms in total. The van der Waals surface area contributed by atoms with E-state index in [-0.39, 0.29) is 16.2 Å². The van der Waals surface area contributed by atoms with Gasteiger partial charge in [0, 0.05) is 22.7 Å². The normalized spacial score (nSPS) is 13.9. The van der Waals surface area contributed by atoms with Gasteiger partial charge in [0.25, 0.3) is 0 Å². The van der Waals surface area contributed by atoms with Crippen LogP contribution in [0, 0.1) is 0 Å². The van der Waals surface area contributed by atoms with E-state index in [1.807, 2.05) is 11.3 Å². The minimum Gasteiger partial charge on any atom is -0.458 e. The Morgan fingerprint density at radius 1 is 0.806 bits per heavy atom. The van der Waals surface area contributed by atoms with E-state index in [0.717, 1.165) is 22.6 Å². The SMILES string of the molecule is CC(C)c1[nH]c2cc(-c3cc4oc(C(C)(C)C)c(C(C)(C)C)c4[nH]3)sc2c1C(C)(C)C. The molecule has 4 heterocycles. The average molecular weight is 439 g/mol. The fraction of sp³-hybridized carbons (Fsp3) is 0.556. The highest BCUT2D eigenvalue weighted by molar-refractivity contribution is 7.22. The average Bonchev–Trinajstić information content (AvgIpc) is 3.27. The first-order valence-electron chi connectivity index (χ1n) is 11.4. The maximum atomic E-state index is 6.44. The zero-order valence-electron chi connectivity index (χ0n) is 21.0. The van der Waals surface area contributed by atoms with Gasteiger partial charge in [-0.25, -0.2) is 0 Å². The minimum atomic E-state index is -0.0314. The van der Waals surface area contributed by atoms with Crippen molar-refractivity contribution in [1.82, 2.24) is 9.97 Å². The molecule has 0 saturated carbocycles. The Labute approximate surface area is 190 Å². The third kappa shape index (κ3) is 3.67. The lowest BCUT2D eigenvalue weighted by Gasteiger charge is -2.25. The summed E-state index contributed by atoms with van der Waals surface area (Å²) >= 11 is 1.88. The number of aromatic nitrogens is 2. The Balaban J connectivity index is 1.90. The van der Waals surface area contributed by atoms with Crippen LogP contribution in [0.5, 0.6) is 0 Å². The summed E-state index contributed by atoms with van der Waals surface area (Å²) < 4.78 is 7.82. The molecule has 0 spiro atoms. The van der Waals surface area contributed by atoms with E-state index in [4.69, 9.17) is 4.42 Å². The van der Waals surface area contributed by atoms with Crippen LogP contribution in [0.2, 0.25) is 0 Å². The van der Waals surface area contributed by atoms with E-state index in [9.17, 15) is 0 Å². The third-order valence-corrected chi connectivity index (χ3v) is 7.18. The number of H-pyrrole nitrogens is 2. The van der Waals surface area contributed by atoms with E-state index in [1.165, 1.54) is 31.9 Å². The highest BCUT2D eigenvalue weighted by atomic mass is 32.1. The molecule has 0 aliphatic carbocycles. The van der Waals surface area contributed by atoms with Gasteiger partial charge in [-0.2, -0.15) is 0 Å². The van der Waals surface area contributed by atoms with E-state index in [0.29, 0.717) is 5.92 Å². The molecular formula is C27H38N2OS. The molecule has 0 fully saturated rings. The quantitative estimate of drug-likeness (QED) is 0.322. The molecule has 0 aromatic carbocycles. The van der Waals surface area contributed by atoms with Gasteiger partial charge < -0.3 is 14.4 Å². The number of aromatic amines is 2. The maximum absolute atomic E-state index is 6.44. The first-order valence-corrected chi connectivity index (χ1v) is 12.2. The number of fused-ring (bicyclic) bond motifs is 2. The predicted molar refractivity (Wildman–Crippen MR) is 136 cm³/mol. The lowest BCUT2D eigenvalue weighted by Crippen LogP contribution is -2.20. The molecule has 0 amide bonds. The molecule has 4 heteroatoms. The van der Waals surface area contributed by atoms with Crippen molar-refractivity contribution in [3.05, 3.63) is 34.7 Å². The highest BCUT2D eigenvalue weighted by Gasteiger charge is 2.33. The van der Waals surface area contributed by atoms with Crippen LogP contribution in [-0.4, -0.2) is 9.97 Å². The second kappa shape index (κ2) is 6.78. The lowest BCUT2D eigenvalue weighted by molar-refractivity contribution is 0.409. The summed E-state index contributed by atoms with van der Waals surface area (Å²) in [4.78, 5) is 8.71. The zero-order chi connectivity index (χ0) is 23.1. The predicted octanol–water partition coefficient (Wildman–Crippen LogP) is 8.99. The lowest BCUT2D eigenvalue weighted by atomic mass is 9.80. The highest BCUT2D eigenvalue weighted by Crippen LogP contribution is 2.46. The molecule has 4 rings (SSSR count). The minimum absolute atomic E-state index is 0.00303. The zero-order valence-corrected chi connectivity index (χ0v) is 21.9. The van der Waals surface area contributed by atoms with Crippen LogP contribution in [0.25, 0.3) is 31.9 Å². The van der Waals surface area contributed by atoms with Crippen molar-refractivity contribution in [3.63, 3.8) is 0 Å². The van der Waals surface area contributed by atoms with Crippen molar-refractivity contribution in [3.8, 4) is 10.6 Å². The molecule has 0 aliphatic rings. The van der Waals surface area contributed by atoms with Crippen LogP contribution in [0.4, 0.5) is 0 Å². The van der Waals surface area contributed by atoms with E-state index < -0.39 is 0 Å². The largest absolute Gasteiger partial charge is 0.458 e. The molecule has 0 radical (unpaired) electrons. The second-order valence-corrected chi connectivity index (χ2v) is 13.5. The molecular weight excluding hydrogens is 400 g/mol. The summed E-state index contributed by atoms with van der Waals surface area (Å²) in [6.45, 7) is 25.0. The summed E-state index contributed by atoms with van der Waals surface area (Å²) in [6, 6.07) is 4.48. The first-order chi connectivity index (χ1) is 14.1. The molecule has 0 saturated heterocycles. The van der Waals surface area contributed by atoms with Crippen molar-refractivity contribution in [2.24, 2.45) is 0 Å². The summed E-state index contributed by atoms with van der Waals surface area (Å²) in [7, 11) is 0. The van der Waals surface area contributed by atoms with Crippen molar-refractivity contribution in [2.45, 2.75) is 98.3 Å². The van der Waals surface area contributed by atoms with Gasteiger partial charge in [0.15, 0.2) is 5.58 Å². The number of furan rings is 1. The van der Waals surface area contributed by atoms with Crippen LogP contribution < -0.4 is 0 Å². The third-order valence-electron chi connectivity index (χ3n) is 5.99.